The topological polar surface area (TPSA) is 84.5 Å². The first-order valence-electron chi connectivity index (χ1n) is 12.9. The normalized spacial score (nSPS) is 12.4. The molecule has 1 amide bonds. The zero-order chi connectivity index (χ0) is 26.8. The second kappa shape index (κ2) is 10.5. The van der Waals surface area contributed by atoms with E-state index < -0.39 is 5.97 Å². The molecule has 194 valence electrons. The van der Waals surface area contributed by atoms with Gasteiger partial charge in [0.25, 0.3) is 0 Å². The van der Waals surface area contributed by atoms with E-state index in [1.807, 2.05) is 60.7 Å². The molecule has 4 aromatic carbocycles. The standard InChI is InChI=1S/C32H27N3O4/c1-38-25-15-12-23(13-16-25)31-33-26-17-14-24(20-27(26)34-31)32(37)39-19-18-30(36)35-28-8-4-2-6-21(28)10-11-22-7-3-5-9-29(22)35/h2-9,12-17,20H,10-11,18-19H2,1H3,(H,33,34). The van der Waals surface area contributed by atoms with Gasteiger partial charge < -0.3 is 14.5 Å². The highest BCUT2D eigenvalue weighted by Gasteiger charge is 2.25. The molecule has 0 atom stereocenters. The zero-order valence-electron chi connectivity index (χ0n) is 21.5. The minimum absolute atomic E-state index is 0.0172. The third-order valence-electron chi connectivity index (χ3n) is 7.01. The molecule has 0 aliphatic carbocycles. The van der Waals surface area contributed by atoms with Gasteiger partial charge in [-0.15, -0.1) is 0 Å². The summed E-state index contributed by atoms with van der Waals surface area (Å²) in [5.74, 6) is 0.865. The van der Waals surface area contributed by atoms with E-state index >= 15 is 0 Å². The summed E-state index contributed by atoms with van der Waals surface area (Å²) in [6.07, 6.45) is 1.80. The van der Waals surface area contributed by atoms with Crippen molar-refractivity contribution in [2.45, 2.75) is 19.3 Å². The van der Waals surface area contributed by atoms with E-state index in [4.69, 9.17) is 9.47 Å². The van der Waals surface area contributed by atoms with Crippen molar-refractivity contribution in [3.8, 4) is 17.1 Å². The SMILES string of the molecule is COc1ccc(-c2nc3ccc(C(=O)OCCC(=O)N4c5ccccc5CCc5ccccc54)cc3[nH]2)cc1. The number of aromatic nitrogens is 2. The average Bonchev–Trinajstić information content (AvgIpc) is 3.33. The molecule has 1 aromatic heterocycles. The predicted octanol–water partition coefficient (Wildman–Crippen LogP) is 6.25. The fourth-order valence-electron chi connectivity index (χ4n) is 5.00. The zero-order valence-corrected chi connectivity index (χ0v) is 21.5. The van der Waals surface area contributed by atoms with Crippen LogP contribution >= 0.6 is 0 Å². The van der Waals surface area contributed by atoms with Crippen LogP contribution in [0, 0.1) is 0 Å². The van der Waals surface area contributed by atoms with Crippen molar-refractivity contribution < 1.29 is 19.1 Å². The van der Waals surface area contributed by atoms with Crippen molar-refractivity contribution in [1.29, 1.82) is 0 Å². The molecule has 0 bridgehead atoms. The Morgan fingerprint density at radius 2 is 1.54 bits per heavy atom. The number of fused-ring (bicyclic) bond motifs is 3. The number of hydrogen-bond acceptors (Lipinski definition) is 5. The molecular formula is C32H27N3O4. The number of carbonyl (C=O) groups is 2. The third kappa shape index (κ3) is 4.86. The molecule has 0 radical (unpaired) electrons. The van der Waals surface area contributed by atoms with E-state index in [9.17, 15) is 9.59 Å². The lowest BCUT2D eigenvalue weighted by Gasteiger charge is -2.25. The number of nitrogens with zero attached hydrogens (tertiary/aromatic N) is 2. The number of esters is 1. The van der Waals surface area contributed by atoms with Crippen LogP contribution in [-0.2, 0) is 22.4 Å². The predicted molar refractivity (Wildman–Crippen MR) is 150 cm³/mol. The number of carbonyl (C=O) groups excluding carboxylic acids is 2. The number of rotatable bonds is 6. The third-order valence-corrected chi connectivity index (χ3v) is 7.01. The molecule has 0 spiro atoms. The van der Waals surface area contributed by atoms with E-state index in [0.29, 0.717) is 11.4 Å². The van der Waals surface area contributed by atoms with Crippen LogP contribution in [0.5, 0.6) is 5.75 Å². The molecule has 5 aromatic rings. The summed E-state index contributed by atoms with van der Waals surface area (Å²) in [4.78, 5) is 36.0. The fourth-order valence-corrected chi connectivity index (χ4v) is 5.00. The van der Waals surface area contributed by atoms with E-state index in [0.717, 1.165) is 57.7 Å². The number of hydrogen-bond donors (Lipinski definition) is 1. The number of para-hydroxylation sites is 2. The van der Waals surface area contributed by atoms with Crippen molar-refractivity contribution in [2.75, 3.05) is 18.6 Å². The van der Waals surface area contributed by atoms with E-state index in [2.05, 4.69) is 22.1 Å². The number of nitrogens with one attached hydrogen (secondary N) is 1. The van der Waals surface area contributed by atoms with E-state index in [-0.39, 0.29) is 18.9 Å². The van der Waals surface area contributed by atoms with Crippen molar-refractivity contribution >= 4 is 34.3 Å². The van der Waals surface area contributed by atoms with Gasteiger partial charge in [0, 0.05) is 5.56 Å². The maximum Gasteiger partial charge on any atom is 0.338 e. The van der Waals surface area contributed by atoms with Crippen LogP contribution in [-0.4, -0.2) is 35.6 Å². The molecule has 1 aliphatic heterocycles. The quantitative estimate of drug-likeness (QED) is 0.269. The molecule has 0 saturated carbocycles. The maximum absolute atomic E-state index is 13.5. The molecule has 7 heteroatoms. The number of aryl methyl sites for hydroxylation is 2. The van der Waals surface area contributed by atoms with Crippen LogP contribution in [0.3, 0.4) is 0 Å². The van der Waals surface area contributed by atoms with Crippen molar-refractivity contribution in [3.63, 3.8) is 0 Å². The van der Waals surface area contributed by atoms with Crippen molar-refractivity contribution in [3.05, 3.63) is 108 Å². The molecule has 0 fully saturated rings. The summed E-state index contributed by atoms with van der Waals surface area (Å²) in [5.41, 5.74) is 6.79. The van der Waals surface area contributed by atoms with Crippen LogP contribution in [0.4, 0.5) is 11.4 Å². The molecule has 2 heterocycles. The molecule has 1 N–H and O–H groups in total. The number of ether oxygens (including phenoxy) is 2. The fraction of sp³-hybridized carbons (Fsp3) is 0.156. The van der Waals surface area contributed by atoms with Crippen LogP contribution in [0.15, 0.2) is 91.0 Å². The van der Waals surface area contributed by atoms with Gasteiger partial charge in [0.2, 0.25) is 5.91 Å². The monoisotopic (exact) mass is 517 g/mol. The molecule has 39 heavy (non-hydrogen) atoms. The van der Waals surface area contributed by atoms with Gasteiger partial charge in [-0.05, 0) is 78.6 Å². The number of anilines is 2. The maximum atomic E-state index is 13.5. The Morgan fingerprint density at radius 3 is 2.21 bits per heavy atom. The summed E-state index contributed by atoms with van der Waals surface area (Å²) in [6.45, 7) is -0.0172. The molecule has 6 rings (SSSR count). The van der Waals surface area contributed by atoms with Gasteiger partial charge in [-0.25, -0.2) is 9.78 Å². The summed E-state index contributed by atoms with van der Waals surface area (Å²) in [5, 5.41) is 0. The number of benzene rings is 4. The number of methoxy groups -OCH3 is 1. The molecular weight excluding hydrogens is 490 g/mol. The lowest BCUT2D eigenvalue weighted by Crippen LogP contribution is -2.28. The van der Waals surface area contributed by atoms with Gasteiger partial charge >= 0.3 is 5.97 Å². The summed E-state index contributed by atoms with van der Waals surface area (Å²) in [7, 11) is 1.62. The Hall–Kier alpha value is -4.91. The van der Waals surface area contributed by atoms with Crippen LogP contribution in [0.1, 0.15) is 27.9 Å². The van der Waals surface area contributed by atoms with Gasteiger partial charge in [-0.1, -0.05) is 36.4 Å². The number of H-pyrrole nitrogens is 1. The largest absolute Gasteiger partial charge is 0.497 e. The van der Waals surface area contributed by atoms with Crippen molar-refractivity contribution in [2.24, 2.45) is 0 Å². The summed E-state index contributed by atoms with van der Waals surface area (Å²) >= 11 is 0. The van der Waals surface area contributed by atoms with E-state index in [1.165, 1.54) is 0 Å². The summed E-state index contributed by atoms with van der Waals surface area (Å²) < 4.78 is 10.7. The highest BCUT2D eigenvalue weighted by molar-refractivity contribution is 6.02. The Kier molecular flexibility index (Phi) is 6.55. The first-order valence-corrected chi connectivity index (χ1v) is 12.9. The Labute approximate surface area is 226 Å². The highest BCUT2D eigenvalue weighted by atomic mass is 16.5. The van der Waals surface area contributed by atoms with Gasteiger partial charge in [0.1, 0.15) is 18.2 Å². The minimum Gasteiger partial charge on any atom is -0.497 e. The van der Waals surface area contributed by atoms with E-state index in [1.54, 1.807) is 30.2 Å². The smallest absolute Gasteiger partial charge is 0.338 e. The molecule has 0 saturated heterocycles. The number of imidazole rings is 1. The minimum atomic E-state index is -0.484. The molecule has 0 unspecified atom stereocenters. The van der Waals surface area contributed by atoms with Crippen LogP contribution < -0.4 is 9.64 Å². The highest BCUT2D eigenvalue weighted by Crippen LogP contribution is 2.36. The Balaban J connectivity index is 1.15. The Morgan fingerprint density at radius 1 is 0.872 bits per heavy atom. The lowest BCUT2D eigenvalue weighted by molar-refractivity contribution is -0.118. The van der Waals surface area contributed by atoms with Crippen molar-refractivity contribution in [1.82, 2.24) is 9.97 Å². The number of amides is 1. The first-order chi connectivity index (χ1) is 19.1. The first kappa shape index (κ1) is 24.4. The van der Waals surface area contributed by atoms with Crippen LogP contribution in [0.25, 0.3) is 22.4 Å². The van der Waals surface area contributed by atoms with Gasteiger partial charge in [-0.3, -0.25) is 9.69 Å². The number of aromatic amines is 1. The second-order valence-electron chi connectivity index (χ2n) is 9.42. The van der Waals surface area contributed by atoms with Gasteiger partial charge in [0.05, 0.1) is 41.5 Å². The van der Waals surface area contributed by atoms with Crippen LogP contribution in [0.2, 0.25) is 0 Å². The Bertz CT molecular complexity index is 1630. The molecule has 1 aliphatic rings. The van der Waals surface area contributed by atoms with Gasteiger partial charge in [-0.2, -0.15) is 0 Å². The molecule has 7 nitrogen and oxygen atoms in total. The lowest BCUT2D eigenvalue weighted by atomic mass is 10.0. The second-order valence-corrected chi connectivity index (χ2v) is 9.42. The summed E-state index contributed by atoms with van der Waals surface area (Å²) in [6, 6.07) is 28.7. The van der Waals surface area contributed by atoms with Gasteiger partial charge in [0.15, 0.2) is 0 Å². The average molecular weight is 518 g/mol.